The normalized spacial score (nSPS) is 15.8. The van der Waals surface area contributed by atoms with Crippen molar-refractivity contribution in [2.75, 3.05) is 5.73 Å². The molecule has 3 nitrogen and oxygen atoms in total. The van der Waals surface area contributed by atoms with E-state index in [1.165, 1.54) is 12.5 Å². The standard InChI is InChI=1S/C13H13FN2O/c14-10-7-2-1-6-9(10)11-12(8-4-3-5-8)16-17-13(11)15/h1-2,6-8H,3-5,15H2. The lowest BCUT2D eigenvalue weighted by Crippen LogP contribution is -2.10. The Morgan fingerprint density at radius 3 is 2.71 bits per heavy atom. The Balaban J connectivity index is 2.13. The molecule has 0 atom stereocenters. The number of anilines is 1. The average molecular weight is 232 g/mol. The van der Waals surface area contributed by atoms with E-state index in [0.29, 0.717) is 17.0 Å². The second kappa shape index (κ2) is 3.87. The number of nitrogens with two attached hydrogens (primary N) is 1. The van der Waals surface area contributed by atoms with Crippen molar-refractivity contribution < 1.29 is 8.91 Å². The van der Waals surface area contributed by atoms with Gasteiger partial charge >= 0.3 is 0 Å². The van der Waals surface area contributed by atoms with Gasteiger partial charge < -0.3 is 10.3 Å². The Morgan fingerprint density at radius 1 is 1.29 bits per heavy atom. The van der Waals surface area contributed by atoms with Gasteiger partial charge in [0.15, 0.2) is 0 Å². The minimum Gasteiger partial charge on any atom is -0.367 e. The van der Waals surface area contributed by atoms with Crippen LogP contribution in [-0.4, -0.2) is 5.16 Å². The van der Waals surface area contributed by atoms with E-state index in [9.17, 15) is 4.39 Å². The number of hydrogen-bond donors (Lipinski definition) is 1. The molecule has 1 aliphatic rings. The van der Waals surface area contributed by atoms with E-state index >= 15 is 0 Å². The van der Waals surface area contributed by atoms with Gasteiger partial charge in [0.25, 0.3) is 0 Å². The molecular weight excluding hydrogens is 219 g/mol. The van der Waals surface area contributed by atoms with Crippen LogP contribution in [0.15, 0.2) is 28.8 Å². The van der Waals surface area contributed by atoms with Gasteiger partial charge in [-0.05, 0) is 18.9 Å². The number of nitrogens with zero attached hydrogens (tertiary/aromatic N) is 1. The third-order valence-electron chi connectivity index (χ3n) is 3.38. The predicted octanol–water partition coefficient (Wildman–Crippen LogP) is 3.33. The van der Waals surface area contributed by atoms with Crippen LogP contribution in [0.3, 0.4) is 0 Å². The highest BCUT2D eigenvalue weighted by molar-refractivity contribution is 5.76. The highest BCUT2D eigenvalue weighted by Gasteiger charge is 2.29. The molecule has 0 spiro atoms. The van der Waals surface area contributed by atoms with Gasteiger partial charge in [0.05, 0.1) is 11.3 Å². The summed E-state index contributed by atoms with van der Waals surface area (Å²) in [7, 11) is 0. The van der Waals surface area contributed by atoms with Crippen molar-refractivity contribution in [1.82, 2.24) is 5.16 Å². The van der Waals surface area contributed by atoms with Gasteiger partial charge in [0, 0.05) is 11.5 Å². The number of rotatable bonds is 2. The van der Waals surface area contributed by atoms with Gasteiger partial charge in [-0.1, -0.05) is 29.8 Å². The van der Waals surface area contributed by atoms with Gasteiger partial charge in [-0.25, -0.2) is 4.39 Å². The van der Waals surface area contributed by atoms with Crippen molar-refractivity contribution in [3.63, 3.8) is 0 Å². The van der Waals surface area contributed by atoms with Crippen LogP contribution in [0.2, 0.25) is 0 Å². The van der Waals surface area contributed by atoms with Crippen LogP contribution < -0.4 is 5.73 Å². The first-order valence-electron chi connectivity index (χ1n) is 5.77. The molecule has 2 aromatic rings. The molecule has 2 N–H and O–H groups in total. The van der Waals surface area contributed by atoms with E-state index < -0.39 is 0 Å². The van der Waals surface area contributed by atoms with Gasteiger partial charge in [-0.15, -0.1) is 0 Å². The fourth-order valence-corrected chi connectivity index (χ4v) is 2.21. The topological polar surface area (TPSA) is 52.0 Å². The minimum atomic E-state index is -0.289. The Hall–Kier alpha value is -1.84. The van der Waals surface area contributed by atoms with Crippen molar-refractivity contribution in [3.8, 4) is 11.1 Å². The third kappa shape index (κ3) is 1.60. The average Bonchev–Trinajstić information content (AvgIpc) is 2.59. The lowest BCUT2D eigenvalue weighted by Gasteiger charge is -2.23. The molecule has 4 heteroatoms. The van der Waals surface area contributed by atoms with Crippen LogP contribution in [0.1, 0.15) is 30.9 Å². The van der Waals surface area contributed by atoms with Crippen molar-refractivity contribution >= 4 is 5.88 Å². The zero-order valence-corrected chi connectivity index (χ0v) is 9.32. The summed E-state index contributed by atoms with van der Waals surface area (Å²) in [6.45, 7) is 0. The van der Waals surface area contributed by atoms with E-state index in [1.807, 2.05) is 0 Å². The third-order valence-corrected chi connectivity index (χ3v) is 3.38. The lowest BCUT2D eigenvalue weighted by molar-refractivity contribution is 0.369. The summed E-state index contributed by atoms with van der Waals surface area (Å²) in [5.74, 6) is 0.283. The molecule has 0 bridgehead atoms. The van der Waals surface area contributed by atoms with E-state index in [0.717, 1.165) is 18.5 Å². The molecule has 0 unspecified atom stereocenters. The smallest absolute Gasteiger partial charge is 0.230 e. The zero-order valence-electron chi connectivity index (χ0n) is 9.32. The maximum Gasteiger partial charge on any atom is 0.230 e. The number of nitrogen functional groups attached to an aromatic ring is 1. The monoisotopic (exact) mass is 232 g/mol. The Kier molecular flexibility index (Phi) is 2.35. The molecule has 3 rings (SSSR count). The molecule has 0 radical (unpaired) electrons. The molecule has 0 aliphatic heterocycles. The van der Waals surface area contributed by atoms with Crippen molar-refractivity contribution in [2.45, 2.75) is 25.2 Å². The fourth-order valence-electron chi connectivity index (χ4n) is 2.21. The van der Waals surface area contributed by atoms with Gasteiger partial charge in [-0.2, -0.15) is 0 Å². The number of halogens is 1. The second-order valence-corrected chi connectivity index (χ2v) is 4.41. The van der Waals surface area contributed by atoms with Crippen molar-refractivity contribution in [3.05, 3.63) is 35.8 Å². The summed E-state index contributed by atoms with van der Waals surface area (Å²) < 4.78 is 18.8. The molecule has 1 fully saturated rings. The van der Waals surface area contributed by atoms with E-state index in [1.54, 1.807) is 18.2 Å². The Bertz CT molecular complexity index is 546. The quantitative estimate of drug-likeness (QED) is 0.864. The number of benzene rings is 1. The predicted molar refractivity (Wildman–Crippen MR) is 62.9 cm³/mol. The first-order chi connectivity index (χ1) is 8.27. The fraction of sp³-hybridized carbons (Fsp3) is 0.308. The molecular formula is C13H13FN2O. The van der Waals surface area contributed by atoms with Crippen LogP contribution in [0, 0.1) is 5.82 Å². The maximum atomic E-state index is 13.8. The first-order valence-corrected chi connectivity index (χ1v) is 5.77. The molecule has 17 heavy (non-hydrogen) atoms. The maximum absolute atomic E-state index is 13.8. The van der Waals surface area contributed by atoms with Gasteiger partial charge in [-0.3, -0.25) is 0 Å². The minimum absolute atomic E-state index is 0.206. The lowest BCUT2D eigenvalue weighted by atomic mass is 9.80. The molecule has 1 aromatic carbocycles. The van der Waals surface area contributed by atoms with Crippen molar-refractivity contribution in [1.29, 1.82) is 0 Å². The molecule has 1 saturated carbocycles. The Morgan fingerprint density at radius 2 is 2.06 bits per heavy atom. The zero-order chi connectivity index (χ0) is 11.8. The molecule has 0 saturated heterocycles. The summed E-state index contributed by atoms with van der Waals surface area (Å²) >= 11 is 0. The van der Waals surface area contributed by atoms with Crippen LogP contribution in [0.25, 0.3) is 11.1 Å². The molecule has 0 amide bonds. The molecule has 1 aliphatic carbocycles. The van der Waals surface area contributed by atoms with Crippen LogP contribution >= 0.6 is 0 Å². The largest absolute Gasteiger partial charge is 0.367 e. The summed E-state index contributed by atoms with van der Waals surface area (Å²) in [6, 6.07) is 6.58. The summed E-state index contributed by atoms with van der Waals surface area (Å²) in [6.07, 6.45) is 3.34. The summed E-state index contributed by atoms with van der Waals surface area (Å²) in [5.41, 5.74) is 7.68. The number of aromatic nitrogens is 1. The highest BCUT2D eigenvalue weighted by Crippen LogP contribution is 2.43. The summed E-state index contributed by atoms with van der Waals surface area (Å²) in [5, 5.41) is 3.99. The van der Waals surface area contributed by atoms with Crippen LogP contribution in [0.4, 0.5) is 10.3 Å². The van der Waals surface area contributed by atoms with Crippen LogP contribution in [-0.2, 0) is 0 Å². The van der Waals surface area contributed by atoms with E-state index in [4.69, 9.17) is 10.3 Å². The van der Waals surface area contributed by atoms with Crippen molar-refractivity contribution in [2.24, 2.45) is 0 Å². The second-order valence-electron chi connectivity index (χ2n) is 4.41. The highest BCUT2D eigenvalue weighted by atomic mass is 19.1. The molecule has 1 aromatic heterocycles. The van der Waals surface area contributed by atoms with E-state index in [2.05, 4.69) is 5.16 Å². The van der Waals surface area contributed by atoms with Crippen LogP contribution in [0.5, 0.6) is 0 Å². The Labute approximate surface area is 98.4 Å². The molecule has 1 heterocycles. The van der Waals surface area contributed by atoms with Gasteiger partial charge in [0.1, 0.15) is 5.82 Å². The van der Waals surface area contributed by atoms with Gasteiger partial charge in [0.2, 0.25) is 5.88 Å². The SMILES string of the molecule is Nc1onc(C2CCC2)c1-c1ccccc1F. The summed E-state index contributed by atoms with van der Waals surface area (Å²) in [4.78, 5) is 0. The molecule has 88 valence electrons. The van der Waals surface area contributed by atoms with E-state index in [-0.39, 0.29) is 11.7 Å². The first kappa shape index (κ1) is 10.3. The number of hydrogen-bond acceptors (Lipinski definition) is 3.